The van der Waals surface area contributed by atoms with Crippen LogP contribution in [0.4, 0.5) is 0 Å². The summed E-state index contributed by atoms with van der Waals surface area (Å²) < 4.78 is 0. The third-order valence-corrected chi connectivity index (χ3v) is 2.50. The minimum atomic E-state index is -0.0608. The lowest BCUT2D eigenvalue weighted by molar-refractivity contribution is -0.121. The molecule has 0 aliphatic rings. The lowest BCUT2D eigenvalue weighted by Crippen LogP contribution is -2.29. The summed E-state index contributed by atoms with van der Waals surface area (Å²) in [5.41, 5.74) is 2.14. The van der Waals surface area contributed by atoms with Crippen LogP contribution in [0.15, 0.2) is 0 Å². The van der Waals surface area contributed by atoms with Crippen molar-refractivity contribution in [3.05, 3.63) is 0 Å². The molecule has 0 aromatic carbocycles. The molecule has 0 rings (SSSR count). The molecule has 1 amide bonds. The molecule has 0 bridgehead atoms. The quantitative estimate of drug-likeness (QED) is 0.263. The summed E-state index contributed by atoms with van der Waals surface area (Å²) in [4.78, 5) is 13.2. The number of carbonyl (C=O) groups excluding carboxylic acids is 1. The predicted octanol–water partition coefficient (Wildman–Crippen LogP) is 1.27. The highest BCUT2D eigenvalue weighted by Crippen LogP contribution is 2.01. The van der Waals surface area contributed by atoms with E-state index in [4.69, 9.17) is 5.84 Å². The van der Waals surface area contributed by atoms with Crippen molar-refractivity contribution in [1.82, 2.24) is 10.3 Å². The van der Waals surface area contributed by atoms with Crippen LogP contribution in [0.2, 0.25) is 0 Å². The van der Waals surface area contributed by atoms with E-state index in [1.165, 1.54) is 19.4 Å². The Morgan fingerprint density at radius 3 is 2.47 bits per heavy atom. The molecule has 0 aromatic rings. The van der Waals surface area contributed by atoms with Crippen LogP contribution in [-0.2, 0) is 4.79 Å². The SMILES string of the molecule is CCCCN(C)CCCCCC(=O)NN. The van der Waals surface area contributed by atoms with Crippen LogP contribution in [0, 0.1) is 0 Å². The van der Waals surface area contributed by atoms with Crippen LogP contribution in [-0.4, -0.2) is 30.9 Å². The first kappa shape index (κ1) is 14.4. The molecule has 15 heavy (non-hydrogen) atoms. The van der Waals surface area contributed by atoms with Crippen molar-refractivity contribution < 1.29 is 4.79 Å². The second-order valence-electron chi connectivity index (χ2n) is 4.04. The molecule has 0 saturated carbocycles. The zero-order valence-electron chi connectivity index (χ0n) is 10.1. The largest absolute Gasteiger partial charge is 0.306 e. The third kappa shape index (κ3) is 9.69. The van der Waals surface area contributed by atoms with Crippen LogP contribution >= 0.6 is 0 Å². The van der Waals surface area contributed by atoms with E-state index in [-0.39, 0.29) is 5.91 Å². The second-order valence-corrected chi connectivity index (χ2v) is 4.04. The van der Waals surface area contributed by atoms with Crippen molar-refractivity contribution in [3.63, 3.8) is 0 Å². The molecule has 0 fully saturated rings. The number of amides is 1. The van der Waals surface area contributed by atoms with Crippen LogP contribution in [0.5, 0.6) is 0 Å². The molecule has 0 atom stereocenters. The summed E-state index contributed by atoms with van der Waals surface area (Å²) in [6.07, 6.45) is 6.27. The van der Waals surface area contributed by atoms with E-state index in [0.717, 1.165) is 25.8 Å². The van der Waals surface area contributed by atoms with Gasteiger partial charge in [-0.2, -0.15) is 0 Å². The Morgan fingerprint density at radius 2 is 1.87 bits per heavy atom. The number of nitrogens with one attached hydrogen (secondary N) is 1. The lowest BCUT2D eigenvalue weighted by atomic mass is 10.2. The third-order valence-electron chi connectivity index (χ3n) is 2.50. The predicted molar refractivity (Wildman–Crippen MR) is 63.2 cm³/mol. The molecule has 0 aromatic heterocycles. The molecule has 0 heterocycles. The molecule has 4 nitrogen and oxygen atoms in total. The van der Waals surface area contributed by atoms with Crippen LogP contribution in [0.1, 0.15) is 45.4 Å². The van der Waals surface area contributed by atoms with Crippen molar-refractivity contribution in [2.24, 2.45) is 5.84 Å². The average molecular weight is 215 g/mol. The van der Waals surface area contributed by atoms with Gasteiger partial charge in [-0.15, -0.1) is 0 Å². The van der Waals surface area contributed by atoms with Gasteiger partial charge in [0, 0.05) is 6.42 Å². The zero-order chi connectivity index (χ0) is 11.5. The topological polar surface area (TPSA) is 58.4 Å². The Kier molecular flexibility index (Phi) is 9.52. The molecule has 0 spiro atoms. The smallest absolute Gasteiger partial charge is 0.233 e. The van der Waals surface area contributed by atoms with Gasteiger partial charge in [-0.05, 0) is 39.4 Å². The molecule has 3 N–H and O–H groups in total. The maximum absolute atomic E-state index is 10.8. The van der Waals surface area contributed by atoms with Gasteiger partial charge in [0.2, 0.25) is 5.91 Å². The fraction of sp³-hybridized carbons (Fsp3) is 0.909. The van der Waals surface area contributed by atoms with Crippen LogP contribution < -0.4 is 11.3 Å². The average Bonchev–Trinajstić information content (AvgIpc) is 2.25. The van der Waals surface area contributed by atoms with Crippen molar-refractivity contribution in [3.8, 4) is 0 Å². The Hall–Kier alpha value is -0.610. The number of carbonyl (C=O) groups is 1. The van der Waals surface area contributed by atoms with E-state index < -0.39 is 0 Å². The van der Waals surface area contributed by atoms with Gasteiger partial charge in [0.1, 0.15) is 0 Å². The van der Waals surface area contributed by atoms with Crippen molar-refractivity contribution >= 4 is 5.91 Å². The number of nitrogens with two attached hydrogens (primary N) is 1. The fourth-order valence-corrected chi connectivity index (χ4v) is 1.46. The minimum Gasteiger partial charge on any atom is -0.306 e. The standard InChI is InChI=1S/C11H25N3O/c1-3-4-9-14(2)10-7-5-6-8-11(15)13-12/h3-10,12H2,1-2H3,(H,13,15). The van der Waals surface area contributed by atoms with E-state index in [2.05, 4.69) is 24.3 Å². The zero-order valence-corrected chi connectivity index (χ0v) is 10.1. The number of unbranched alkanes of at least 4 members (excludes halogenated alkanes) is 3. The Labute approximate surface area is 93.2 Å². The summed E-state index contributed by atoms with van der Waals surface area (Å²) in [5.74, 6) is 4.92. The maximum atomic E-state index is 10.8. The van der Waals surface area contributed by atoms with E-state index in [1.807, 2.05) is 0 Å². The summed E-state index contributed by atoms with van der Waals surface area (Å²) >= 11 is 0. The van der Waals surface area contributed by atoms with Gasteiger partial charge >= 0.3 is 0 Å². The molecule has 0 saturated heterocycles. The number of hydrazine groups is 1. The highest BCUT2D eigenvalue weighted by atomic mass is 16.2. The Bertz CT molecular complexity index is 162. The monoisotopic (exact) mass is 215 g/mol. The number of hydrogen-bond donors (Lipinski definition) is 2. The van der Waals surface area contributed by atoms with Crippen molar-refractivity contribution in [2.75, 3.05) is 20.1 Å². The molecular formula is C11H25N3O. The van der Waals surface area contributed by atoms with E-state index in [9.17, 15) is 4.79 Å². The van der Waals surface area contributed by atoms with Crippen molar-refractivity contribution in [2.45, 2.75) is 45.4 Å². The first-order valence-electron chi connectivity index (χ1n) is 5.88. The number of nitrogens with zero attached hydrogens (tertiary/aromatic N) is 1. The Morgan fingerprint density at radius 1 is 1.20 bits per heavy atom. The van der Waals surface area contributed by atoms with E-state index in [1.54, 1.807) is 0 Å². The maximum Gasteiger partial charge on any atom is 0.233 e. The molecule has 0 aliphatic heterocycles. The summed E-state index contributed by atoms with van der Waals surface area (Å²) in [7, 11) is 2.16. The number of hydrogen-bond acceptors (Lipinski definition) is 3. The van der Waals surface area contributed by atoms with Crippen LogP contribution in [0.25, 0.3) is 0 Å². The molecule has 90 valence electrons. The molecular weight excluding hydrogens is 190 g/mol. The van der Waals surface area contributed by atoms with Gasteiger partial charge in [0.15, 0.2) is 0 Å². The summed E-state index contributed by atoms with van der Waals surface area (Å²) in [6, 6.07) is 0. The van der Waals surface area contributed by atoms with Crippen molar-refractivity contribution in [1.29, 1.82) is 0 Å². The van der Waals surface area contributed by atoms with Gasteiger partial charge in [0.05, 0.1) is 0 Å². The first-order valence-corrected chi connectivity index (χ1v) is 5.88. The van der Waals surface area contributed by atoms with Gasteiger partial charge in [-0.3, -0.25) is 10.2 Å². The Balaban J connectivity index is 3.19. The molecule has 4 heteroatoms. The second kappa shape index (κ2) is 9.93. The minimum absolute atomic E-state index is 0.0608. The highest BCUT2D eigenvalue weighted by Gasteiger charge is 1.99. The first-order chi connectivity index (χ1) is 7.20. The van der Waals surface area contributed by atoms with Gasteiger partial charge in [-0.1, -0.05) is 19.8 Å². The summed E-state index contributed by atoms with van der Waals surface area (Å²) in [6.45, 7) is 4.52. The summed E-state index contributed by atoms with van der Waals surface area (Å²) in [5, 5.41) is 0. The number of rotatable bonds is 9. The highest BCUT2D eigenvalue weighted by molar-refractivity contribution is 5.74. The van der Waals surface area contributed by atoms with Gasteiger partial charge in [0.25, 0.3) is 0 Å². The fourth-order valence-electron chi connectivity index (χ4n) is 1.46. The van der Waals surface area contributed by atoms with E-state index >= 15 is 0 Å². The van der Waals surface area contributed by atoms with Crippen LogP contribution in [0.3, 0.4) is 0 Å². The molecule has 0 radical (unpaired) electrons. The lowest BCUT2D eigenvalue weighted by Gasteiger charge is -2.15. The van der Waals surface area contributed by atoms with E-state index in [0.29, 0.717) is 6.42 Å². The van der Waals surface area contributed by atoms with Gasteiger partial charge in [-0.25, -0.2) is 5.84 Å². The van der Waals surface area contributed by atoms with Gasteiger partial charge < -0.3 is 4.90 Å². The molecule has 0 aliphatic carbocycles. The molecule has 0 unspecified atom stereocenters. The normalized spacial score (nSPS) is 10.7.